The molecule has 4 rings (SSSR count). The molecule has 1 aliphatic heterocycles. The number of hydrogen-bond acceptors (Lipinski definition) is 7. The van der Waals surface area contributed by atoms with Gasteiger partial charge in [0.05, 0.1) is 24.3 Å². The molecular formula is C25H29N3O4S. The third kappa shape index (κ3) is 5.05. The Morgan fingerprint density at radius 3 is 2.55 bits per heavy atom. The molecule has 1 saturated carbocycles. The van der Waals surface area contributed by atoms with Crippen molar-refractivity contribution in [2.24, 2.45) is 0 Å². The minimum absolute atomic E-state index is 0.347. The molecule has 2 aromatic rings. The van der Waals surface area contributed by atoms with Gasteiger partial charge >= 0.3 is 5.97 Å². The molecule has 7 nitrogen and oxygen atoms in total. The molecule has 0 N–H and O–H groups in total. The molecule has 1 aliphatic carbocycles. The highest BCUT2D eigenvalue weighted by atomic mass is 32.1. The number of morpholine rings is 1. The number of amides is 1. The van der Waals surface area contributed by atoms with Crippen LogP contribution in [0.1, 0.15) is 41.8 Å². The average Bonchev–Trinajstić information content (AvgIpc) is 3.34. The van der Waals surface area contributed by atoms with Gasteiger partial charge in [0.1, 0.15) is 10.4 Å². The molecule has 174 valence electrons. The van der Waals surface area contributed by atoms with Crippen LogP contribution in [0, 0.1) is 11.3 Å². The van der Waals surface area contributed by atoms with Crippen molar-refractivity contribution in [3.05, 3.63) is 41.3 Å². The molecule has 0 atom stereocenters. The summed E-state index contributed by atoms with van der Waals surface area (Å²) in [6, 6.07) is 14.1. The normalized spacial score (nSPS) is 17.8. The van der Waals surface area contributed by atoms with Crippen LogP contribution in [0.15, 0.2) is 36.4 Å². The van der Waals surface area contributed by atoms with E-state index in [9.17, 15) is 14.9 Å². The molecule has 0 unspecified atom stereocenters. The lowest BCUT2D eigenvalue weighted by Gasteiger charge is -2.38. The van der Waals surface area contributed by atoms with Crippen LogP contribution >= 0.6 is 11.3 Å². The monoisotopic (exact) mass is 467 g/mol. The molecule has 33 heavy (non-hydrogen) atoms. The summed E-state index contributed by atoms with van der Waals surface area (Å²) < 4.78 is 10.9. The Morgan fingerprint density at radius 2 is 1.88 bits per heavy atom. The first-order chi connectivity index (χ1) is 16.0. The Labute approximate surface area is 198 Å². The van der Waals surface area contributed by atoms with Gasteiger partial charge in [-0.25, -0.2) is 4.79 Å². The van der Waals surface area contributed by atoms with E-state index in [0.717, 1.165) is 48.5 Å². The van der Waals surface area contributed by atoms with Gasteiger partial charge in [0.2, 0.25) is 0 Å². The minimum Gasteiger partial charge on any atom is -0.451 e. The van der Waals surface area contributed by atoms with Gasteiger partial charge in [-0.05, 0) is 24.5 Å². The molecule has 0 bridgehead atoms. The molecule has 1 aromatic heterocycles. The summed E-state index contributed by atoms with van der Waals surface area (Å²) >= 11 is 1.38. The largest absolute Gasteiger partial charge is 0.451 e. The van der Waals surface area contributed by atoms with E-state index >= 15 is 0 Å². The molecule has 2 aliphatic rings. The van der Waals surface area contributed by atoms with E-state index in [4.69, 9.17) is 9.47 Å². The number of likely N-dealkylation sites (N-methyl/N-ethyl adjacent to an activating group) is 1. The second-order valence-corrected chi connectivity index (χ2v) is 9.56. The molecule has 1 amide bonds. The van der Waals surface area contributed by atoms with E-state index in [0.29, 0.717) is 30.9 Å². The lowest BCUT2D eigenvalue weighted by Crippen LogP contribution is -2.51. The van der Waals surface area contributed by atoms with Crippen molar-refractivity contribution in [2.75, 3.05) is 44.9 Å². The zero-order chi connectivity index (χ0) is 23.3. The summed E-state index contributed by atoms with van der Waals surface area (Å²) in [5.41, 5.74) is 1.20. The highest BCUT2D eigenvalue weighted by Gasteiger charge is 2.39. The molecule has 1 aromatic carbocycles. The number of rotatable bonds is 6. The summed E-state index contributed by atoms with van der Waals surface area (Å²) in [5, 5.41) is 10.7. The number of nitriles is 1. The third-order valence-corrected chi connectivity index (χ3v) is 7.70. The average molecular weight is 468 g/mol. The van der Waals surface area contributed by atoms with Crippen molar-refractivity contribution in [1.29, 1.82) is 5.26 Å². The second kappa shape index (κ2) is 10.4. The van der Waals surface area contributed by atoms with Crippen LogP contribution in [0.2, 0.25) is 0 Å². The molecule has 8 heteroatoms. The van der Waals surface area contributed by atoms with E-state index < -0.39 is 11.5 Å². The highest BCUT2D eigenvalue weighted by molar-refractivity contribution is 7.18. The molecule has 2 fully saturated rings. The molecular weight excluding hydrogens is 438 g/mol. The van der Waals surface area contributed by atoms with Crippen LogP contribution in [-0.2, 0) is 14.3 Å². The molecule has 1 saturated heterocycles. The van der Waals surface area contributed by atoms with Crippen LogP contribution in [0.5, 0.6) is 0 Å². The van der Waals surface area contributed by atoms with Crippen LogP contribution in [0.4, 0.5) is 5.00 Å². The summed E-state index contributed by atoms with van der Waals surface area (Å²) in [6.07, 6.45) is 4.25. The van der Waals surface area contributed by atoms with E-state index in [-0.39, 0.29) is 12.5 Å². The van der Waals surface area contributed by atoms with Crippen molar-refractivity contribution >= 4 is 28.2 Å². The highest BCUT2D eigenvalue weighted by Crippen LogP contribution is 2.39. The zero-order valence-electron chi connectivity index (χ0n) is 18.9. The molecule has 0 spiro atoms. The van der Waals surface area contributed by atoms with Crippen LogP contribution in [-0.4, -0.2) is 62.3 Å². The van der Waals surface area contributed by atoms with Crippen molar-refractivity contribution in [1.82, 2.24) is 4.90 Å². The van der Waals surface area contributed by atoms with Gasteiger partial charge < -0.3 is 19.3 Å². The number of hydrogen-bond donors (Lipinski definition) is 0. The van der Waals surface area contributed by atoms with Gasteiger partial charge in [0.15, 0.2) is 6.61 Å². The number of thiophene rings is 1. The Balaban J connectivity index is 1.48. The van der Waals surface area contributed by atoms with Crippen LogP contribution in [0.25, 0.3) is 11.1 Å². The van der Waals surface area contributed by atoms with Gasteiger partial charge in [-0.15, -0.1) is 11.3 Å². The smallest absolute Gasteiger partial charge is 0.348 e. The first kappa shape index (κ1) is 23.3. The van der Waals surface area contributed by atoms with E-state index in [2.05, 4.69) is 11.0 Å². The molecule has 0 radical (unpaired) electrons. The fourth-order valence-corrected chi connectivity index (χ4v) is 5.63. The Kier molecular flexibility index (Phi) is 7.31. The van der Waals surface area contributed by atoms with Gasteiger partial charge in [-0.3, -0.25) is 4.79 Å². The number of nitrogens with zero attached hydrogens (tertiary/aromatic N) is 3. The number of ether oxygens (including phenoxy) is 2. The van der Waals surface area contributed by atoms with E-state index in [1.165, 1.54) is 16.2 Å². The summed E-state index contributed by atoms with van der Waals surface area (Å²) in [6.45, 7) is 2.44. The minimum atomic E-state index is -0.797. The van der Waals surface area contributed by atoms with Gasteiger partial charge in [-0.2, -0.15) is 5.26 Å². The topological polar surface area (TPSA) is 82.9 Å². The zero-order valence-corrected chi connectivity index (χ0v) is 19.7. The first-order valence-electron chi connectivity index (χ1n) is 11.4. The third-order valence-electron chi connectivity index (χ3n) is 6.53. The van der Waals surface area contributed by atoms with Crippen molar-refractivity contribution in [3.8, 4) is 17.2 Å². The van der Waals surface area contributed by atoms with E-state index in [1.807, 2.05) is 36.4 Å². The molecule has 2 heterocycles. The predicted octanol–water partition coefficient (Wildman–Crippen LogP) is 4.09. The second-order valence-electron chi connectivity index (χ2n) is 8.53. The van der Waals surface area contributed by atoms with Gasteiger partial charge in [-0.1, -0.05) is 49.6 Å². The first-order valence-corrected chi connectivity index (χ1v) is 12.2. The summed E-state index contributed by atoms with van der Waals surface area (Å²) in [4.78, 5) is 29.8. The summed E-state index contributed by atoms with van der Waals surface area (Å²) in [7, 11) is 1.64. The van der Waals surface area contributed by atoms with Crippen molar-refractivity contribution in [2.45, 2.75) is 37.6 Å². The Morgan fingerprint density at radius 1 is 1.18 bits per heavy atom. The fourth-order valence-electron chi connectivity index (χ4n) is 4.50. The lowest BCUT2D eigenvalue weighted by atomic mass is 9.81. The number of carbonyl (C=O) groups excluding carboxylic acids is 2. The van der Waals surface area contributed by atoms with Gasteiger partial charge in [0, 0.05) is 25.7 Å². The number of esters is 1. The Bertz CT molecular complexity index is 1020. The van der Waals surface area contributed by atoms with Crippen molar-refractivity contribution in [3.63, 3.8) is 0 Å². The summed E-state index contributed by atoms with van der Waals surface area (Å²) in [5.74, 6) is -0.867. The fraction of sp³-hybridized carbons (Fsp3) is 0.480. The number of benzene rings is 1. The van der Waals surface area contributed by atoms with Gasteiger partial charge in [0.25, 0.3) is 5.91 Å². The number of carbonyl (C=O) groups is 2. The SMILES string of the molecule is CN(C(=O)COC(=O)c1cc(-c2ccccc2)c(N2CCOCC2)s1)C1(C#N)CCCCC1. The standard InChI is InChI=1S/C25H29N3O4S/c1-27(25(18-26)10-6-3-7-11-25)22(29)17-32-24(30)21-16-20(19-8-4-2-5-9-19)23(33-21)28-12-14-31-15-13-28/h2,4-5,8-9,16H,3,6-7,10-15,17H2,1H3. The Hall–Kier alpha value is -2.89. The maximum absolute atomic E-state index is 12.9. The van der Waals surface area contributed by atoms with E-state index in [1.54, 1.807) is 7.05 Å². The predicted molar refractivity (Wildman–Crippen MR) is 127 cm³/mol. The lowest BCUT2D eigenvalue weighted by molar-refractivity contribution is -0.138. The maximum atomic E-state index is 12.9. The maximum Gasteiger partial charge on any atom is 0.348 e. The quantitative estimate of drug-likeness (QED) is 0.595. The number of anilines is 1. The van der Waals surface area contributed by atoms with Crippen LogP contribution < -0.4 is 4.90 Å². The van der Waals surface area contributed by atoms with Crippen LogP contribution in [0.3, 0.4) is 0 Å². The van der Waals surface area contributed by atoms with Crippen molar-refractivity contribution < 1.29 is 19.1 Å².